The molecule has 0 radical (unpaired) electrons. The predicted molar refractivity (Wildman–Crippen MR) is 78.0 cm³/mol. The molecule has 2 rings (SSSR count). The summed E-state index contributed by atoms with van der Waals surface area (Å²) in [5, 5.41) is 3.66. The standard InChI is InChI=1S/C13H10BrClN2O2/c1-19-13(18)8-4-5-16-12(6-8)17-9-2-3-10(14)11(15)7-9/h2-7H,1H3,(H,16,17). The van der Waals surface area contributed by atoms with E-state index in [1.165, 1.54) is 13.3 Å². The Balaban J connectivity index is 2.23. The molecule has 0 amide bonds. The number of nitrogens with one attached hydrogen (secondary N) is 1. The van der Waals surface area contributed by atoms with Gasteiger partial charge >= 0.3 is 5.97 Å². The van der Waals surface area contributed by atoms with E-state index in [4.69, 9.17) is 11.6 Å². The van der Waals surface area contributed by atoms with Crippen molar-refractivity contribution in [3.05, 3.63) is 51.6 Å². The van der Waals surface area contributed by atoms with Crippen LogP contribution in [0, 0.1) is 0 Å². The quantitative estimate of drug-likeness (QED) is 0.857. The number of pyridine rings is 1. The SMILES string of the molecule is COC(=O)c1ccnc(Nc2ccc(Br)c(Cl)c2)c1. The molecule has 0 aliphatic carbocycles. The number of ether oxygens (including phenoxy) is 1. The van der Waals surface area contributed by atoms with Crippen LogP contribution in [-0.2, 0) is 4.74 Å². The molecule has 0 spiro atoms. The summed E-state index contributed by atoms with van der Waals surface area (Å²) in [5.41, 5.74) is 1.21. The lowest BCUT2D eigenvalue weighted by molar-refractivity contribution is 0.0600. The van der Waals surface area contributed by atoms with Crippen LogP contribution in [0.25, 0.3) is 0 Å². The second kappa shape index (κ2) is 6.04. The maximum atomic E-state index is 11.4. The van der Waals surface area contributed by atoms with Gasteiger partial charge in [0.25, 0.3) is 0 Å². The zero-order valence-electron chi connectivity index (χ0n) is 9.98. The number of benzene rings is 1. The predicted octanol–water partition coefficient (Wildman–Crippen LogP) is 4.03. The molecule has 19 heavy (non-hydrogen) atoms. The van der Waals surface area contributed by atoms with E-state index in [2.05, 4.69) is 31.0 Å². The number of anilines is 2. The third-order valence-corrected chi connectivity index (χ3v) is 3.61. The van der Waals surface area contributed by atoms with Crippen LogP contribution in [0.1, 0.15) is 10.4 Å². The number of halogens is 2. The number of esters is 1. The summed E-state index contributed by atoms with van der Waals surface area (Å²) in [6.07, 6.45) is 1.54. The molecule has 0 saturated heterocycles. The second-order valence-electron chi connectivity index (χ2n) is 3.68. The van der Waals surface area contributed by atoms with Crippen LogP contribution in [0.4, 0.5) is 11.5 Å². The monoisotopic (exact) mass is 340 g/mol. The molecule has 0 bridgehead atoms. The van der Waals surface area contributed by atoms with Crippen molar-refractivity contribution in [3.8, 4) is 0 Å². The Morgan fingerprint density at radius 1 is 1.37 bits per heavy atom. The normalized spacial score (nSPS) is 10.1. The molecule has 0 fully saturated rings. The van der Waals surface area contributed by atoms with Crippen molar-refractivity contribution < 1.29 is 9.53 Å². The smallest absolute Gasteiger partial charge is 0.338 e. The van der Waals surface area contributed by atoms with Gasteiger partial charge < -0.3 is 10.1 Å². The summed E-state index contributed by atoms with van der Waals surface area (Å²) >= 11 is 9.32. The molecule has 1 heterocycles. The van der Waals surface area contributed by atoms with Gasteiger partial charge in [-0.2, -0.15) is 0 Å². The summed E-state index contributed by atoms with van der Waals surface area (Å²) < 4.78 is 5.47. The molecular formula is C13H10BrClN2O2. The Bertz CT molecular complexity index is 619. The highest BCUT2D eigenvalue weighted by Gasteiger charge is 2.07. The van der Waals surface area contributed by atoms with Gasteiger partial charge in [0.1, 0.15) is 5.82 Å². The van der Waals surface area contributed by atoms with Crippen LogP contribution in [0.5, 0.6) is 0 Å². The van der Waals surface area contributed by atoms with Gasteiger partial charge in [-0.15, -0.1) is 0 Å². The summed E-state index contributed by atoms with van der Waals surface area (Å²) in [6, 6.07) is 8.64. The molecule has 1 aromatic heterocycles. The van der Waals surface area contributed by atoms with Crippen LogP contribution in [-0.4, -0.2) is 18.1 Å². The lowest BCUT2D eigenvalue weighted by Gasteiger charge is -2.07. The third kappa shape index (κ3) is 3.45. The fourth-order valence-corrected chi connectivity index (χ4v) is 1.89. The molecule has 6 heteroatoms. The van der Waals surface area contributed by atoms with E-state index >= 15 is 0 Å². The van der Waals surface area contributed by atoms with Gasteiger partial charge in [-0.1, -0.05) is 11.6 Å². The number of carbonyl (C=O) groups excluding carboxylic acids is 1. The van der Waals surface area contributed by atoms with Crippen molar-refractivity contribution in [2.24, 2.45) is 0 Å². The van der Waals surface area contributed by atoms with E-state index < -0.39 is 5.97 Å². The Kier molecular flexibility index (Phi) is 4.39. The molecule has 0 unspecified atom stereocenters. The van der Waals surface area contributed by atoms with Crippen molar-refractivity contribution in [2.45, 2.75) is 0 Å². The number of aromatic nitrogens is 1. The topological polar surface area (TPSA) is 51.2 Å². The number of nitrogens with zero attached hydrogens (tertiary/aromatic N) is 1. The minimum absolute atomic E-state index is 0.403. The second-order valence-corrected chi connectivity index (χ2v) is 4.94. The van der Waals surface area contributed by atoms with Crippen LogP contribution in [0.2, 0.25) is 5.02 Å². The first-order valence-corrected chi connectivity index (χ1v) is 6.53. The highest BCUT2D eigenvalue weighted by atomic mass is 79.9. The van der Waals surface area contributed by atoms with E-state index in [9.17, 15) is 4.79 Å². The lowest BCUT2D eigenvalue weighted by Crippen LogP contribution is -2.03. The van der Waals surface area contributed by atoms with Crippen LogP contribution >= 0.6 is 27.5 Å². The van der Waals surface area contributed by atoms with Gasteiger partial charge in [0.15, 0.2) is 0 Å². The third-order valence-electron chi connectivity index (χ3n) is 2.37. The number of hydrogen-bond donors (Lipinski definition) is 1. The van der Waals surface area contributed by atoms with Crippen LogP contribution in [0.15, 0.2) is 41.0 Å². The van der Waals surface area contributed by atoms with Crippen LogP contribution in [0.3, 0.4) is 0 Å². The maximum absolute atomic E-state index is 11.4. The largest absolute Gasteiger partial charge is 0.465 e. The molecule has 0 atom stereocenters. The first kappa shape index (κ1) is 13.8. The number of methoxy groups -OCH3 is 1. The Hall–Kier alpha value is -1.59. The van der Waals surface area contributed by atoms with Gasteiger partial charge in [0, 0.05) is 16.4 Å². The number of carbonyl (C=O) groups is 1. The molecule has 0 aliphatic rings. The minimum Gasteiger partial charge on any atom is -0.465 e. The molecule has 1 aromatic carbocycles. The van der Waals surface area contributed by atoms with Crippen molar-refractivity contribution in [1.29, 1.82) is 0 Å². The van der Waals surface area contributed by atoms with Crippen molar-refractivity contribution >= 4 is 45.0 Å². The molecular weight excluding hydrogens is 332 g/mol. The fraction of sp³-hybridized carbons (Fsp3) is 0.0769. The lowest BCUT2D eigenvalue weighted by atomic mass is 10.2. The van der Waals surface area contributed by atoms with Gasteiger partial charge in [0.2, 0.25) is 0 Å². The highest BCUT2D eigenvalue weighted by Crippen LogP contribution is 2.27. The van der Waals surface area contributed by atoms with E-state index in [-0.39, 0.29) is 0 Å². The van der Waals surface area contributed by atoms with E-state index in [1.54, 1.807) is 18.2 Å². The van der Waals surface area contributed by atoms with Gasteiger partial charge in [0.05, 0.1) is 17.7 Å². The Labute approximate surface area is 123 Å². The van der Waals surface area contributed by atoms with Crippen molar-refractivity contribution in [2.75, 3.05) is 12.4 Å². The molecule has 0 saturated carbocycles. The summed E-state index contributed by atoms with van der Waals surface area (Å²) in [4.78, 5) is 15.5. The Morgan fingerprint density at radius 3 is 2.84 bits per heavy atom. The zero-order valence-corrected chi connectivity index (χ0v) is 12.3. The van der Waals surface area contributed by atoms with Crippen molar-refractivity contribution in [3.63, 3.8) is 0 Å². The van der Waals surface area contributed by atoms with Crippen molar-refractivity contribution in [1.82, 2.24) is 4.98 Å². The van der Waals surface area contributed by atoms with Gasteiger partial charge in [-0.05, 0) is 46.3 Å². The fourth-order valence-electron chi connectivity index (χ4n) is 1.47. The van der Waals surface area contributed by atoms with Gasteiger partial charge in [-0.3, -0.25) is 0 Å². The molecule has 2 aromatic rings. The van der Waals surface area contributed by atoms with Gasteiger partial charge in [-0.25, -0.2) is 9.78 Å². The molecule has 98 valence electrons. The van der Waals surface area contributed by atoms with E-state index in [0.717, 1.165) is 10.2 Å². The highest BCUT2D eigenvalue weighted by molar-refractivity contribution is 9.10. The molecule has 0 aliphatic heterocycles. The van der Waals surface area contributed by atoms with E-state index in [1.807, 2.05) is 12.1 Å². The summed E-state index contributed by atoms with van der Waals surface area (Å²) in [6.45, 7) is 0. The first-order chi connectivity index (χ1) is 9.10. The average molecular weight is 342 g/mol. The molecule has 1 N–H and O–H groups in total. The summed E-state index contributed by atoms with van der Waals surface area (Å²) in [5.74, 6) is 0.139. The Morgan fingerprint density at radius 2 is 2.16 bits per heavy atom. The molecule has 4 nitrogen and oxygen atoms in total. The zero-order chi connectivity index (χ0) is 13.8. The average Bonchev–Trinajstić information content (AvgIpc) is 2.42. The maximum Gasteiger partial charge on any atom is 0.338 e. The first-order valence-electron chi connectivity index (χ1n) is 5.36. The minimum atomic E-state index is -0.403. The number of rotatable bonds is 3. The number of hydrogen-bond acceptors (Lipinski definition) is 4. The van der Waals surface area contributed by atoms with E-state index in [0.29, 0.717) is 16.4 Å². The summed E-state index contributed by atoms with van der Waals surface area (Å²) in [7, 11) is 1.34. The van der Waals surface area contributed by atoms with Crippen LogP contribution < -0.4 is 5.32 Å².